The molecule has 3 heteroatoms. The standard InChI is InChI=1S/C15H16BFO/c1-16(2)14-9-8-13(10-15(14)17)18-11-12-6-4-3-5-7-12/h3-10H,11H2,1-2H3. The van der Waals surface area contributed by atoms with Crippen molar-refractivity contribution in [2.24, 2.45) is 0 Å². The number of benzene rings is 2. The summed E-state index contributed by atoms with van der Waals surface area (Å²) in [7, 11) is 0. The van der Waals surface area contributed by atoms with E-state index in [1.54, 1.807) is 6.07 Å². The fourth-order valence-electron chi connectivity index (χ4n) is 1.81. The predicted octanol–water partition coefficient (Wildman–Crippen LogP) is 3.37. The van der Waals surface area contributed by atoms with Gasteiger partial charge in [-0.25, -0.2) is 4.39 Å². The fourth-order valence-corrected chi connectivity index (χ4v) is 1.81. The molecular weight excluding hydrogens is 226 g/mol. The molecule has 0 spiro atoms. The first-order valence-corrected chi connectivity index (χ1v) is 6.13. The lowest BCUT2D eigenvalue weighted by atomic mass is 9.49. The minimum absolute atomic E-state index is 0.188. The number of hydrogen-bond donors (Lipinski definition) is 0. The molecule has 0 saturated carbocycles. The Labute approximate surface area is 108 Å². The molecule has 0 aliphatic rings. The van der Waals surface area contributed by atoms with E-state index in [1.165, 1.54) is 6.07 Å². The average molecular weight is 242 g/mol. The van der Waals surface area contributed by atoms with Crippen LogP contribution in [0.4, 0.5) is 4.39 Å². The van der Waals surface area contributed by atoms with Crippen molar-refractivity contribution in [3.63, 3.8) is 0 Å². The molecule has 0 aromatic heterocycles. The lowest BCUT2D eigenvalue weighted by Crippen LogP contribution is -2.25. The molecule has 2 aromatic carbocycles. The number of rotatable bonds is 4. The highest BCUT2D eigenvalue weighted by Crippen LogP contribution is 2.13. The lowest BCUT2D eigenvalue weighted by Gasteiger charge is -2.09. The summed E-state index contributed by atoms with van der Waals surface area (Å²) in [5.41, 5.74) is 1.80. The first-order chi connectivity index (χ1) is 8.66. The molecule has 0 saturated heterocycles. The molecule has 1 nitrogen and oxygen atoms in total. The monoisotopic (exact) mass is 242 g/mol. The van der Waals surface area contributed by atoms with Gasteiger partial charge in [0.25, 0.3) is 0 Å². The van der Waals surface area contributed by atoms with Gasteiger partial charge in [0, 0.05) is 6.07 Å². The summed E-state index contributed by atoms with van der Waals surface area (Å²) < 4.78 is 19.3. The molecule has 2 aromatic rings. The summed E-state index contributed by atoms with van der Waals surface area (Å²) in [6.07, 6.45) is 0. The van der Waals surface area contributed by atoms with Gasteiger partial charge >= 0.3 is 0 Å². The van der Waals surface area contributed by atoms with Crippen LogP contribution < -0.4 is 10.2 Å². The Hall–Kier alpha value is -1.77. The number of ether oxygens (including phenoxy) is 1. The lowest BCUT2D eigenvalue weighted by molar-refractivity contribution is 0.305. The topological polar surface area (TPSA) is 9.23 Å². The van der Waals surface area contributed by atoms with Crippen molar-refractivity contribution in [2.75, 3.05) is 0 Å². The van der Waals surface area contributed by atoms with Crippen molar-refractivity contribution in [2.45, 2.75) is 20.3 Å². The minimum atomic E-state index is -0.199. The molecule has 0 radical (unpaired) electrons. The third kappa shape index (κ3) is 3.13. The number of hydrogen-bond acceptors (Lipinski definition) is 1. The van der Waals surface area contributed by atoms with E-state index >= 15 is 0 Å². The van der Waals surface area contributed by atoms with Crippen LogP contribution in [-0.2, 0) is 6.61 Å². The van der Waals surface area contributed by atoms with Crippen molar-refractivity contribution in [3.05, 3.63) is 59.9 Å². The normalized spacial score (nSPS) is 10.2. The van der Waals surface area contributed by atoms with Crippen molar-refractivity contribution >= 4 is 12.2 Å². The molecule has 0 N–H and O–H groups in total. The average Bonchev–Trinajstić information content (AvgIpc) is 2.37. The summed E-state index contributed by atoms with van der Waals surface area (Å²) in [6.45, 7) is 4.60. The smallest absolute Gasteiger partial charge is 0.173 e. The third-order valence-electron chi connectivity index (χ3n) is 2.84. The fraction of sp³-hybridized carbons (Fsp3) is 0.200. The van der Waals surface area contributed by atoms with Crippen LogP contribution in [0.3, 0.4) is 0 Å². The quantitative estimate of drug-likeness (QED) is 0.747. The van der Waals surface area contributed by atoms with Crippen molar-refractivity contribution in [3.8, 4) is 5.75 Å². The summed E-state index contributed by atoms with van der Waals surface area (Å²) in [5, 5.41) is 0. The Bertz CT molecular complexity index is 511. The van der Waals surface area contributed by atoms with E-state index in [-0.39, 0.29) is 12.5 Å². The largest absolute Gasteiger partial charge is 0.489 e. The summed E-state index contributed by atoms with van der Waals surface area (Å²) in [6, 6.07) is 14.9. The molecule has 2 rings (SSSR count). The number of halogens is 1. The van der Waals surface area contributed by atoms with Crippen molar-refractivity contribution < 1.29 is 9.13 Å². The van der Waals surface area contributed by atoms with Gasteiger partial charge in [0.2, 0.25) is 0 Å². The molecule has 92 valence electrons. The van der Waals surface area contributed by atoms with Gasteiger partial charge in [0.1, 0.15) is 18.2 Å². The van der Waals surface area contributed by atoms with E-state index in [4.69, 9.17) is 4.74 Å². The Morgan fingerprint density at radius 3 is 2.39 bits per heavy atom. The molecule has 0 atom stereocenters. The second-order valence-corrected chi connectivity index (χ2v) is 4.61. The Kier molecular flexibility index (Phi) is 4.03. The zero-order valence-corrected chi connectivity index (χ0v) is 10.7. The van der Waals surface area contributed by atoms with E-state index in [0.717, 1.165) is 11.0 Å². The summed E-state index contributed by atoms with van der Waals surface area (Å²) >= 11 is 0. The molecule has 0 fully saturated rings. The van der Waals surface area contributed by atoms with Gasteiger partial charge in [-0.2, -0.15) is 0 Å². The van der Waals surface area contributed by atoms with Gasteiger partial charge in [-0.3, -0.25) is 0 Å². The second-order valence-electron chi connectivity index (χ2n) is 4.61. The van der Waals surface area contributed by atoms with Gasteiger partial charge in [0.05, 0.1) is 0 Å². The van der Waals surface area contributed by atoms with Crippen LogP contribution >= 0.6 is 0 Å². The highest BCUT2D eigenvalue weighted by molar-refractivity contribution is 6.70. The van der Waals surface area contributed by atoms with Gasteiger partial charge in [-0.15, -0.1) is 0 Å². The molecule has 18 heavy (non-hydrogen) atoms. The zero-order valence-electron chi connectivity index (χ0n) is 10.7. The highest BCUT2D eigenvalue weighted by atomic mass is 19.1. The van der Waals surface area contributed by atoms with Gasteiger partial charge in [-0.1, -0.05) is 50.0 Å². The molecule has 0 bridgehead atoms. The predicted molar refractivity (Wildman–Crippen MR) is 74.3 cm³/mol. The molecule has 0 heterocycles. The van der Waals surface area contributed by atoms with E-state index in [2.05, 4.69) is 0 Å². The maximum atomic E-state index is 13.7. The first kappa shape index (κ1) is 12.7. The maximum Gasteiger partial charge on any atom is 0.173 e. The SMILES string of the molecule is CB(C)c1ccc(OCc2ccccc2)cc1F. The van der Waals surface area contributed by atoms with E-state index < -0.39 is 0 Å². The van der Waals surface area contributed by atoms with E-state index in [0.29, 0.717) is 12.4 Å². The van der Waals surface area contributed by atoms with Gasteiger partial charge < -0.3 is 4.74 Å². The van der Waals surface area contributed by atoms with Crippen LogP contribution in [0.2, 0.25) is 13.6 Å². The Morgan fingerprint density at radius 1 is 1.06 bits per heavy atom. The molecular formula is C15H16BFO. The summed E-state index contributed by atoms with van der Waals surface area (Å²) in [4.78, 5) is 0. The van der Waals surface area contributed by atoms with Crippen LogP contribution in [0.5, 0.6) is 5.75 Å². The molecule has 0 aliphatic carbocycles. The highest BCUT2D eigenvalue weighted by Gasteiger charge is 2.10. The van der Waals surface area contributed by atoms with Crippen molar-refractivity contribution in [1.29, 1.82) is 0 Å². The third-order valence-corrected chi connectivity index (χ3v) is 2.84. The molecule has 0 aliphatic heterocycles. The Balaban J connectivity index is 2.05. The van der Waals surface area contributed by atoms with Crippen LogP contribution in [0.25, 0.3) is 0 Å². The van der Waals surface area contributed by atoms with Crippen LogP contribution in [0, 0.1) is 5.82 Å². The first-order valence-electron chi connectivity index (χ1n) is 6.13. The zero-order chi connectivity index (χ0) is 13.0. The van der Waals surface area contributed by atoms with E-state index in [1.807, 2.05) is 50.0 Å². The van der Waals surface area contributed by atoms with Crippen LogP contribution in [0.15, 0.2) is 48.5 Å². The van der Waals surface area contributed by atoms with E-state index in [9.17, 15) is 4.39 Å². The molecule has 0 unspecified atom stereocenters. The van der Waals surface area contributed by atoms with Crippen LogP contribution in [0.1, 0.15) is 5.56 Å². The Morgan fingerprint density at radius 2 is 1.78 bits per heavy atom. The second kappa shape index (κ2) is 5.72. The van der Waals surface area contributed by atoms with Crippen molar-refractivity contribution in [1.82, 2.24) is 0 Å². The maximum absolute atomic E-state index is 13.7. The molecule has 0 amide bonds. The van der Waals surface area contributed by atoms with Gasteiger partial charge in [-0.05, 0) is 17.1 Å². The van der Waals surface area contributed by atoms with Crippen LogP contribution in [-0.4, -0.2) is 6.71 Å². The van der Waals surface area contributed by atoms with Gasteiger partial charge in [0.15, 0.2) is 6.71 Å². The minimum Gasteiger partial charge on any atom is -0.489 e. The summed E-state index contributed by atoms with van der Waals surface area (Å²) in [5.74, 6) is 0.372.